The maximum absolute atomic E-state index is 12.2. The average Bonchev–Trinajstić information content (AvgIpc) is 3.44. The summed E-state index contributed by atoms with van der Waals surface area (Å²) < 4.78 is 0. The number of nitriles is 1. The molecule has 0 radical (unpaired) electrons. The van der Waals surface area contributed by atoms with Crippen molar-refractivity contribution in [2.45, 2.75) is 51.1 Å². The molecule has 132 valence electrons. The normalized spacial score (nSPS) is 19.8. The van der Waals surface area contributed by atoms with Crippen LogP contribution in [0.3, 0.4) is 0 Å². The summed E-state index contributed by atoms with van der Waals surface area (Å²) >= 11 is 0. The number of nitrogens with one attached hydrogen (secondary N) is 3. The molecule has 0 aromatic heterocycles. The topological polar surface area (TPSA) is 94.0 Å². The van der Waals surface area contributed by atoms with E-state index in [1.165, 1.54) is 0 Å². The molecule has 1 heterocycles. The second-order valence-electron chi connectivity index (χ2n) is 7.20. The lowest BCUT2D eigenvalue weighted by Crippen LogP contribution is -2.49. The SMILES string of the molecule is C[C@H](NCC(=O)N[C@@](C)(C#N)C1CC1)c1ccc2c(c1)CCC(=O)N2. The number of nitrogens with zero attached hydrogens (tertiary/aromatic N) is 1. The van der Waals surface area contributed by atoms with Crippen LogP contribution in [-0.2, 0) is 16.0 Å². The molecule has 0 spiro atoms. The van der Waals surface area contributed by atoms with Gasteiger partial charge in [0.2, 0.25) is 11.8 Å². The van der Waals surface area contributed by atoms with E-state index >= 15 is 0 Å². The zero-order chi connectivity index (χ0) is 18.0. The molecule has 0 bridgehead atoms. The number of aryl methyl sites for hydroxylation is 1. The zero-order valence-electron chi connectivity index (χ0n) is 14.7. The molecule has 1 aliphatic heterocycles. The number of anilines is 1. The first-order valence-corrected chi connectivity index (χ1v) is 8.79. The van der Waals surface area contributed by atoms with Gasteiger partial charge in [-0.1, -0.05) is 12.1 Å². The maximum atomic E-state index is 12.2. The van der Waals surface area contributed by atoms with Crippen molar-refractivity contribution in [2.24, 2.45) is 5.92 Å². The lowest BCUT2D eigenvalue weighted by molar-refractivity contribution is -0.121. The van der Waals surface area contributed by atoms with Crippen LogP contribution < -0.4 is 16.0 Å². The van der Waals surface area contributed by atoms with E-state index in [0.717, 1.165) is 36.1 Å². The molecule has 3 rings (SSSR count). The number of hydrogen-bond acceptors (Lipinski definition) is 4. The highest BCUT2D eigenvalue weighted by Gasteiger charge is 2.42. The number of fused-ring (bicyclic) bond motifs is 1. The van der Waals surface area contributed by atoms with Crippen molar-refractivity contribution in [2.75, 3.05) is 11.9 Å². The summed E-state index contributed by atoms with van der Waals surface area (Å²) in [5.41, 5.74) is 2.32. The predicted octanol–water partition coefficient (Wildman–Crippen LogP) is 2.03. The van der Waals surface area contributed by atoms with Gasteiger partial charge in [0.05, 0.1) is 12.6 Å². The Labute approximate surface area is 148 Å². The molecule has 25 heavy (non-hydrogen) atoms. The van der Waals surface area contributed by atoms with Crippen molar-refractivity contribution >= 4 is 17.5 Å². The summed E-state index contributed by atoms with van der Waals surface area (Å²) in [5.74, 6) is 0.169. The Morgan fingerprint density at radius 2 is 2.20 bits per heavy atom. The Hall–Kier alpha value is -2.39. The molecule has 2 aliphatic rings. The fourth-order valence-electron chi connectivity index (χ4n) is 3.25. The highest BCUT2D eigenvalue weighted by atomic mass is 16.2. The van der Waals surface area contributed by atoms with Crippen molar-refractivity contribution in [1.82, 2.24) is 10.6 Å². The van der Waals surface area contributed by atoms with Crippen LogP contribution in [0.1, 0.15) is 50.3 Å². The molecule has 1 fully saturated rings. The van der Waals surface area contributed by atoms with E-state index in [2.05, 4.69) is 28.1 Å². The highest BCUT2D eigenvalue weighted by Crippen LogP contribution is 2.39. The Morgan fingerprint density at radius 1 is 1.44 bits per heavy atom. The van der Waals surface area contributed by atoms with Gasteiger partial charge in [0.1, 0.15) is 5.54 Å². The van der Waals surface area contributed by atoms with Crippen LogP contribution in [0.5, 0.6) is 0 Å². The van der Waals surface area contributed by atoms with E-state index in [0.29, 0.717) is 6.42 Å². The van der Waals surface area contributed by atoms with Crippen LogP contribution in [-0.4, -0.2) is 23.9 Å². The zero-order valence-corrected chi connectivity index (χ0v) is 14.7. The van der Waals surface area contributed by atoms with Crippen LogP contribution in [0, 0.1) is 17.2 Å². The summed E-state index contributed by atoms with van der Waals surface area (Å²) in [7, 11) is 0. The summed E-state index contributed by atoms with van der Waals surface area (Å²) in [5, 5.41) is 18.3. The Balaban J connectivity index is 1.56. The second kappa shape index (κ2) is 6.85. The Kier molecular flexibility index (Phi) is 4.78. The predicted molar refractivity (Wildman–Crippen MR) is 94.7 cm³/mol. The minimum atomic E-state index is -0.758. The van der Waals surface area contributed by atoms with Gasteiger partial charge in [0.15, 0.2) is 0 Å². The van der Waals surface area contributed by atoms with Crippen LogP contribution >= 0.6 is 0 Å². The lowest BCUT2D eigenvalue weighted by Gasteiger charge is -2.24. The molecular weight excluding hydrogens is 316 g/mol. The quantitative estimate of drug-likeness (QED) is 0.738. The van der Waals surface area contributed by atoms with Gasteiger partial charge < -0.3 is 16.0 Å². The maximum Gasteiger partial charge on any atom is 0.235 e. The van der Waals surface area contributed by atoms with Crippen molar-refractivity contribution in [3.8, 4) is 6.07 Å². The standard InChI is InChI=1S/C19H24N4O2/c1-12(13-3-7-16-14(9-13)4-8-17(24)22-16)21-10-18(25)23-19(2,11-20)15-5-6-15/h3,7,9,12,15,21H,4-6,8,10H2,1-2H3,(H,22,24)(H,23,25)/t12-,19-/m0/s1. The van der Waals surface area contributed by atoms with E-state index in [4.69, 9.17) is 0 Å². The van der Waals surface area contributed by atoms with Gasteiger partial charge >= 0.3 is 0 Å². The first-order chi connectivity index (χ1) is 11.9. The van der Waals surface area contributed by atoms with E-state index in [-0.39, 0.29) is 30.3 Å². The summed E-state index contributed by atoms with van der Waals surface area (Å²) in [4.78, 5) is 23.6. The van der Waals surface area contributed by atoms with Gasteiger partial charge in [-0.15, -0.1) is 0 Å². The largest absolute Gasteiger partial charge is 0.337 e. The smallest absolute Gasteiger partial charge is 0.235 e. The van der Waals surface area contributed by atoms with Crippen molar-refractivity contribution in [1.29, 1.82) is 5.26 Å². The average molecular weight is 340 g/mol. The third kappa shape index (κ3) is 3.99. The third-order valence-electron chi connectivity index (χ3n) is 5.12. The third-order valence-corrected chi connectivity index (χ3v) is 5.12. The fraction of sp³-hybridized carbons (Fsp3) is 0.526. The molecule has 2 atom stereocenters. The number of carbonyl (C=O) groups excluding carboxylic acids is 2. The minimum absolute atomic E-state index is 0.00273. The first kappa shape index (κ1) is 17.4. The first-order valence-electron chi connectivity index (χ1n) is 8.79. The molecule has 1 aromatic rings. The van der Waals surface area contributed by atoms with Gasteiger partial charge in [-0.2, -0.15) is 5.26 Å². The molecule has 0 unspecified atom stereocenters. The summed E-state index contributed by atoms with van der Waals surface area (Å²) in [6, 6.07) is 8.19. The number of carbonyl (C=O) groups is 2. The van der Waals surface area contributed by atoms with Crippen molar-refractivity contribution in [3.63, 3.8) is 0 Å². The molecule has 0 saturated heterocycles. The number of benzene rings is 1. The molecule has 3 N–H and O–H groups in total. The summed E-state index contributed by atoms with van der Waals surface area (Å²) in [6.07, 6.45) is 3.25. The summed E-state index contributed by atoms with van der Waals surface area (Å²) in [6.45, 7) is 3.96. The molecule has 1 saturated carbocycles. The second-order valence-corrected chi connectivity index (χ2v) is 7.20. The van der Waals surface area contributed by atoms with Crippen LogP contribution in [0.15, 0.2) is 18.2 Å². The van der Waals surface area contributed by atoms with Crippen molar-refractivity contribution < 1.29 is 9.59 Å². The van der Waals surface area contributed by atoms with E-state index < -0.39 is 5.54 Å². The number of amides is 2. The van der Waals surface area contributed by atoms with E-state index in [9.17, 15) is 14.9 Å². The van der Waals surface area contributed by atoms with Crippen LogP contribution in [0.25, 0.3) is 0 Å². The van der Waals surface area contributed by atoms with Gasteiger partial charge in [-0.05, 0) is 56.2 Å². The molecule has 1 aromatic carbocycles. The molecular formula is C19H24N4O2. The van der Waals surface area contributed by atoms with E-state index in [1.54, 1.807) is 6.92 Å². The van der Waals surface area contributed by atoms with Crippen LogP contribution in [0.4, 0.5) is 5.69 Å². The van der Waals surface area contributed by atoms with Gasteiger partial charge in [-0.25, -0.2) is 0 Å². The van der Waals surface area contributed by atoms with Gasteiger partial charge in [-0.3, -0.25) is 9.59 Å². The Morgan fingerprint density at radius 3 is 2.88 bits per heavy atom. The molecule has 6 nitrogen and oxygen atoms in total. The minimum Gasteiger partial charge on any atom is -0.337 e. The van der Waals surface area contributed by atoms with Crippen LogP contribution in [0.2, 0.25) is 0 Å². The fourth-order valence-corrected chi connectivity index (χ4v) is 3.25. The molecule has 2 amide bonds. The highest BCUT2D eigenvalue weighted by molar-refractivity contribution is 5.93. The van der Waals surface area contributed by atoms with E-state index in [1.807, 2.05) is 19.1 Å². The lowest BCUT2D eigenvalue weighted by atomic mass is 9.97. The number of rotatable bonds is 6. The monoisotopic (exact) mass is 340 g/mol. The van der Waals surface area contributed by atoms with Gasteiger partial charge in [0.25, 0.3) is 0 Å². The molecule has 6 heteroatoms. The molecule has 1 aliphatic carbocycles. The van der Waals surface area contributed by atoms with Crippen molar-refractivity contribution in [3.05, 3.63) is 29.3 Å². The number of hydrogen-bond donors (Lipinski definition) is 3. The Bertz CT molecular complexity index is 735. The van der Waals surface area contributed by atoms with Gasteiger partial charge in [0, 0.05) is 18.2 Å².